The van der Waals surface area contributed by atoms with Crippen molar-refractivity contribution in [3.63, 3.8) is 0 Å². The molecule has 0 spiro atoms. The van der Waals surface area contributed by atoms with Crippen LogP contribution in [0.3, 0.4) is 0 Å². The van der Waals surface area contributed by atoms with Crippen molar-refractivity contribution in [3.8, 4) is 0 Å². The number of carbonyl (C=O) groups is 1. The smallest absolute Gasteiger partial charge is 0.311 e. The molecule has 0 saturated heterocycles. The lowest BCUT2D eigenvalue weighted by atomic mass is 9.66. The van der Waals surface area contributed by atoms with Crippen LogP contribution in [-0.2, 0) is 9.53 Å². The van der Waals surface area contributed by atoms with Gasteiger partial charge in [0.25, 0.3) is 0 Å². The number of hydrogen-bond donors (Lipinski definition) is 1. The molecule has 0 heterocycles. The third kappa shape index (κ3) is 3.88. The third-order valence-electron chi connectivity index (χ3n) is 5.79. The van der Waals surface area contributed by atoms with Crippen molar-refractivity contribution in [1.82, 2.24) is 0 Å². The quantitative estimate of drug-likeness (QED) is 0.777. The molecule has 2 rings (SSSR count). The van der Waals surface area contributed by atoms with E-state index >= 15 is 0 Å². The highest BCUT2D eigenvalue weighted by atomic mass is 16.5. The molecule has 2 aliphatic carbocycles. The van der Waals surface area contributed by atoms with Gasteiger partial charge in [0.2, 0.25) is 0 Å². The van der Waals surface area contributed by atoms with E-state index in [1.54, 1.807) is 0 Å². The molecule has 5 unspecified atom stereocenters. The van der Waals surface area contributed by atoms with Gasteiger partial charge in [-0.1, -0.05) is 39.0 Å². The van der Waals surface area contributed by atoms with Crippen LogP contribution in [-0.4, -0.2) is 18.6 Å². The number of esters is 1. The molecule has 0 aromatic heterocycles. The van der Waals surface area contributed by atoms with Crippen molar-refractivity contribution >= 4 is 5.97 Å². The summed E-state index contributed by atoms with van der Waals surface area (Å²) in [5.41, 5.74) is 6.78. The van der Waals surface area contributed by atoms with Gasteiger partial charge in [-0.25, -0.2) is 0 Å². The molecule has 23 heavy (non-hydrogen) atoms. The van der Waals surface area contributed by atoms with Crippen molar-refractivity contribution < 1.29 is 9.53 Å². The third-order valence-corrected chi connectivity index (χ3v) is 5.79. The van der Waals surface area contributed by atoms with E-state index in [-0.39, 0.29) is 12.1 Å². The van der Waals surface area contributed by atoms with Gasteiger partial charge in [0.15, 0.2) is 0 Å². The SMILES string of the molecule is CCC(C)(C)C(=O)OC1CC(C)C=C2C=CC(C)C(CCN)C21. The van der Waals surface area contributed by atoms with E-state index in [9.17, 15) is 4.79 Å². The van der Waals surface area contributed by atoms with Gasteiger partial charge in [-0.3, -0.25) is 4.79 Å². The largest absolute Gasteiger partial charge is 0.461 e. The first-order valence-electron chi connectivity index (χ1n) is 9.11. The van der Waals surface area contributed by atoms with Gasteiger partial charge in [-0.2, -0.15) is 0 Å². The van der Waals surface area contributed by atoms with Gasteiger partial charge in [0, 0.05) is 5.92 Å². The molecule has 0 radical (unpaired) electrons. The van der Waals surface area contributed by atoms with Crippen LogP contribution in [0.15, 0.2) is 23.8 Å². The van der Waals surface area contributed by atoms with Gasteiger partial charge < -0.3 is 10.5 Å². The Morgan fingerprint density at radius 3 is 2.70 bits per heavy atom. The van der Waals surface area contributed by atoms with E-state index in [1.807, 2.05) is 20.8 Å². The van der Waals surface area contributed by atoms with Crippen LogP contribution in [0.4, 0.5) is 0 Å². The molecule has 3 heteroatoms. The minimum atomic E-state index is -0.413. The van der Waals surface area contributed by atoms with Gasteiger partial charge in [-0.05, 0) is 63.0 Å². The van der Waals surface area contributed by atoms with E-state index in [4.69, 9.17) is 10.5 Å². The first kappa shape index (κ1) is 18.3. The Kier molecular flexibility index (Phi) is 5.72. The van der Waals surface area contributed by atoms with Crippen LogP contribution in [0.2, 0.25) is 0 Å². The number of fused-ring (bicyclic) bond motifs is 1. The summed E-state index contributed by atoms with van der Waals surface area (Å²) in [7, 11) is 0. The van der Waals surface area contributed by atoms with Gasteiger partial charge in [0.1, 0.15) is 6.10 Å². The highest BCUT2D eigenvalue weighted by Gasteiger charge is 2.42. The van der Waals surface area contributed by atoms with Crippen LogP contribution >= 0.6 is 0 Å². The van der Waals surface area contributed by atoms with Gasteiger partial charge in [0.05, 0.1) is 5.41 Å². The Balaban J connectivity index is 2.26. The molecule has 0 bridgehead atoms. The zero-order chi connectivity index (χ0) is 17.2. The maximum atomic E-state index is 12.6. The number of rotatable bonds is 5. The summed E-state index contributed by atoms with van der Waals surface area (Å²) in [6, 6.07) is 0. The lowest BCUT2D eigenvalue weighted by molar-refractivity contribution is -0.164. The summed E-state index contributed by atoms with van der Waals surface area (Å²) in [4.78, 5) is 12.6. The summed E-state index contributed by atoms with van der Waals surface area (Å²) >= 11 is 0. The minimum Gasteiger partial charge on any atom is -0.461 e. The second-order valence-electron chi connectivity index (χ2n) is 8.05. The number of allylic oxidation sites excluding steroid dienone is 3. The van der Waals surface area contributed by atoms with Crippen LogP contribution < -0.4 is 5.73 Å². The molecule has 2 N–H and O–H groups in total. The average Bonchev–Trinajstić information content (AvgIpc) is 2.50. The maximum absolute atomic E-state index is 12.6. The van der Waals surface area contributed by atoms with E-state index in [1.165, 1.54) is 5.57 Å². The summed E-state index contributed by atoms with van der Waals surface area (Å²) in [5, 5.41) is 0. The minimum absolute atomic E-state index is 0.0210. The van der Waals surface area contributed by atoms with Gasteiger partial charge >= 0.3 is 5.97 Å². The fourth-order valence-electron chi connectivity index (χ4n) is 3.86. The molecule has 0 saturated carbocycles. The summed E-state index contributed by atoms with van der Waals surface area (Å²) in [6.45, 7) is 11.1. The molecular weight excluding hydrogens is 286 g/mol. The maximum Gasteiger partial charge on any atom is 0.311 e. The molecule has 5 atom stereocenters. The Bertz CT molecular complexity index is 492. The number of ether oxygens (including phenoxy) is 1. The topological polar surface area (TPSA) is 52.3 Å². The monoisotopic (exact) mass is 319 g/mol. The number of hydrogen-bond acceptors (Lipinski definition) is 3. The van der Waals surface area contributed by atoms with E-state index in [2.05, 4.69) is 32.1 Å². The summed E-state index contributed by atoms with van der Waals surface area (Å²) in [5.74, 6) is 1.62. The van der Waals surface area contributed by atoms with E-state index in [0.29, 0.717) is 30.2 Å². The second kappa shape index (κ2) is 7.21. The summed E-state index contributed by atoms with van der Waals surface area (Å²) < 4.78 is 6.06. The number of carbonyl (C=O) groups excluding carboxylic acids is 1. The Labute approximate surface area is 141 Å². The zero-order valence-electron chi connectivity index (χ0n) is 15.3. The first-order chi connectivity index (χ1) is 10.8. The van der Waals surface area contributed by atoms with Crippen LogP contribution in [0.5, 0.6) is 0 Å². The van der Waals surface area contributed by atoms with E-state index in [0.717, 1.165) is 19.3 Å². The molecule has 0 amide bonds. The molecular formula is C20H33NO2. The van der Waals surface area contributed by atoms with E-state index < -0.39 is 5.41 Å². The molecule has 3 nitrogen and oxygen atoms in total. The van der Waals surface area contributed by atoms with Crippen molar-refractivity contribution in [2.24, 2.45) is 34.8 Å². The molecule has 0 aromatic carbocycles. The first-order valence-corrected chi connectivity index (χ1v) is 9.11. The predicted octanol–water partition coefficient (Wildman–Crippen LogP) is 4.09. The molecule has 2 aliphatic rings. The Hall–Kier alpha value is -1.09. The van der Waals surface area contributed by atoms with Crippen LogP contribution in [0, 0.1) is 29.1 Å². The van der Waals surface area contributed by atoms with Crippen molar-refractivity contribution in [2.75, 3.05) is 6.54 Å². The normalized spacial score (nSPS) is 33.8. The highest BCUT2D eigenvalue weighted by molar-refractivity contribution is 5.76. The molecule has 130 valence electrons. The highest BCUT2D eigenvalue weighted by Crippen LogP contribution is 2.44. The second-order valence-corrected chi connectivity index (χ2v) is 8.05. The lowest BCUT2D eigenvalue weighted by Gasteiger charge is -2.43. The predicted molar refractivity (Wildman–Crippen MR) is 94.8 cm³/mol. The fourth-order valence-corrected chi connectivity index (χ4v) is 3.86. The zero-order valence-corrected chi connectivity index (χ0v) is 15.3. The van der Waals surface area contributed by atoms with Crippen LogP contribution in [0.25, 0.3) is 0 Å². The van der Waals surface area contributed by atoms with Gasteiger partial charge in [-0.15, -0.1) is 0 Å². The van der Waals surface area contributed by atoms with Crippen molar-refractivity contribution in [2.45, 2.75) is 60.0 Å². The standard InChI is InChI=1S/C20H33NO2/c1-6-20(4,5)19(22)23-17-12-13(2)11-15-8-7-14(3)16(9-10-21)18(15)17/h7-8,11,13-14,16-18H,6,9-10,12,21H2,1-5H3. The molecule has 0 aliphatic heterocycles. The molecule has 0 aromatic rings. The van der Waals surface area contributed by atoms with Crippen molar-refractivity contribution in [3.05, 3.63) is 23.8 Å². The fraction of sp³-hybridized carbons (Fsp3) is 0.750. The Morgan fingerprint density at radius 1 is 1.39 bits per heavy atom. The number of nitrogens with two attached hydrogens (primary N) is 1. The Morgan fingerprint density at radius 2 is 2.09 bits per heavy atom. The molecule has 0 fully saturated rings. The average molecular weight is 319 g/mol. The summed E-state index contributed by atoms with van der Waals surface area (Å²) in [6.07, 6.45) is 9.55. The lowest BCUT2D eigenvalue weighted by Crippen LogP contribution is -2.43. The van der Waals surface area contributed by atoms with Crippen molar-refractivity contribution in [1.29, 1.82) is 0 Å². The van der Waals surface area contributed by atoms with Crippen LogP contribution in [0.1, 0.15) is 53.9 Å².